The molecule has 0 aromatic carbocycles. The van der Waals surface area contributed by atoms with E-state index >= 15 is 0 Å². The average Bonchev–Trinajstić information content (AvgIpc) is 3.24. The topological polar surface area (TPSA) is 88.8 Å². The number of aryl methyl sites for hydroxylation is 2. The molecule has 0 N–H and O–H groups in total. The number of piperidine rings is 1. The number of aromatic nitrogens is 2. The first-order valence-electron chi connectivity index (χ1n) is 8.81. The lowest BCUT2D eigenvalue weighted by Gasteiger charge is -2.32. The summed E-state index contributed by atoms with van der Waals surface area (Å²) < 4.78 is 53.0. The van der Waals surface area contributed by atoms with E-state index in [1.54, 1.807) is 11.3 Å². The van der Waals surface area contributed by atoms with Crippen LogP contribution in [0.4, 0.5) is 0 Å². The van der Waals surface area contributed by atoms with Crippen molar-refractivity contribution in [1.82, 2.24) is 13.7 Å². The van der Waals surface area contributed by atoms with Gasteiger partial charge in [-0.05, 0) is 33.1 Å². The number of fused-ring (bicyclic) bond motifs is 1. The molecule has 2 aromatic heterocycles. The van der Waals surface area contributed by atoms with Crippen LogP contribution in [0.25, 0.3) is 4.83 Å². The molecule has 2 aliphatic heterocycles. The third-order valence-corrected chi connectivity index (χ3v) is 10.8. The Bertz CT molecular complexity index is 1050. The van der Waals surface area contributed by atoms with E-state index in [0.29, 0.717) is 13.1 Å². The SMILES string of the molecule is Cc1csc2c([C@H]3CCCN(S(=O)(=O)[C@@H]4CCS(=O)(=O)C4)C3)nc(C)n12. The minimum absolute atomic E-state index is 0.0243. The lowest BCUT2D eigenvalue weighted by Crippen LogP contribution is -2.44. The van der Waals surface area contributed by atoms with Crippen molar-refractivity contribution in [3.8, 4) is 0 Å². The van der Waals surface area contributed by atoms with Gasteiger partial charge in [0.25, 0.3) is 0 Å². The summed E-state index contributed by atoms with van der Waals surface area (Å²) in [4.78, 5) is 5.82. The zero-order chi connectivity index (χ0) is 18.7. The first kappa shape index (κ1) is 18.4. The van der Waals surface area contributed by atoms with Crippen LogP contribution in [0.1, 0.15) is 42.4 Å². The first-order chi connectivity index (χ1) is 12.2. The van der Waals surface area contributed by atoms with Crippen LogP contribution in [0.3, 0.4) is 0 Å². The highest BCUT2D eigenvalue weighted by atomic mass is 32.2. The van der Waals surface area contributed by atoms with E-state index in [4.69, 9.17) is 4.98 Å². The van der Waals surface area contributed by atoms with Crippen molar-refractivity contribution in [3.05, 3.63) is 22.6 Å². The normalized spacial score (nSPS) is 27.3. The second kappa shape index (κ2) is 6.29. The molecule has 2 fully saturated rings. The van der Waals surface area contributed by atoms with Gasteiger partial charge in [-0.25, -0.2) is 26.1 Å². The Morgan fingerprint density at radius 1 is 1.27 bits per heavy atom. The van der Waals surface area contributed by atoms with Crippen molar-refractivity contribution in [3.63, 3.8) is 0 Å². The number of hydrogen-bond donors (Lipinski definition) is 0. The van der Waals surface area contributed by atoms with E-state index < -0.39 is 25.1 Å². The van der Waals surface area contributed by atoms with Crippen molar-refractivity contribution in [2.45, 2.75) is 44.3 Å². The van der Waals surface area contributed by atoms with Gasteiger partial charge < -0.3 is 0 Å². The highest BCUT2D eigenvalue weighted by Gasteiger charge is 2.42. The van der Waals surface area contributed by atoms with Crippen molar-refractivity contribution in [2.75, 3.05) is 24.6 Å². The molecule has 144 valence electrons. The maximum Gasteiger partial charge on any atom is 0.218 e. The van der Waals surface area contributed by atoms with Gasteiger partial charge in [0.05, 0.1) is 22.4 Å². The number of rotatable bonds is 3. The molecular formula is C16H23N3O4S3. The minimum atomic E-state index is -3.59. The fourth-order valence-electron chi connectivity index (χ4n) is 4.13. The van der Waals surface area contributed by atoms with Crippen molar-refractivity contribution < 1.29 is 16.8 Å². The van der Waals surface area contributed by atoms with Crippen molar-refractivity contribution in [2.24, 2.45) is 0 Å². The van der Waals surface area contributed by atoms with E-state index in [2.05, 4.69) is 9.78 Å². The molecule has 26 heavy (non-hydrogen) atoms. The lowest BCUT2D eigenvalue weighted by atomic mass is 9.97. The zero-order valence-electron chi connectivity index (χ0n) is 14.9. The van der Waals surface area contributed by atoms with Crippen LogP contribution >= 0.6 is 11.3 Å². The monoisotopic (exact) mass is 417 g/mol. The second-order valence-corrected chi connectivity index (χ2v) is 12.6. The summed E-state index contributed by atoms with van der Waals surface area (Å²) in [6.07, 6.45) is 1.88. The molecule has 2 aliphatic rings. The summed E-state index contributed by atoms with van der Waals surface area (Å²) in [5.74, 6) is 0.715. The van der Waals surface area contributed by atoms with Gasteiger partial charge in [0.15, 0.2) is 9.84 Å². The fraction of sp³-hybridized carbons (Fsp3) is 0.688. The Hall–Kier alpha value is -0.970. The highest BCUT2D eigenvalue weighted by molar-refractivity contribution is 7.95. The largest absolute Gasteiger partial charge is 0.292 e. The molecule has 0 saturated carbocycles. The van der Waals surface area contributed by atoms with Gasteiger partial charge in [-0.1, -0.05) is 0 Å². The Morgan fingerprint density at radius 3 is 2.73 bits per heavy atom. The highest BCUT2D eigenvalue weighted by Crippen LogP contribution is 2.35. The number of hydrogen-bond acceptors (Lipinski definition) is 6. The summed E-state index contributed by atoms with van der Waals surface area (Å²) in [6, 6.07) is 0. The fourth-order valence-corrected chi connectivity index (χ4v) is 9.84. The zero-order valence-corrected chi connectivity index (χ0v) is 17.3. The molecule has 2 saturated heterocycles. The smallest absolute Gasteiger partial charge is 0.218 e. The van der Waals surface area contributed by atoms with Crippen LogP contribution in [0.15, 0.2) is 5.38 Å². The predicted molar refractivity (Wildman–Crippen MR) is 102 cm³/mol. The van der Waals surface area contributed by atoms with Crippen LogP contribution in [0.5, 0.6) is 0 Å². The number of sulfone groups is 1. The maximum absolute atomic E-state index is 13.0. The molecule has 4 rings (SSSR count). The van der Waals surface area contributed by atoms with Crippen LogP contribution in [0, 0.1) is 13.8 Å². The standard InChI is InChI=1S/C16H23N3O4S3/c1-11-9-24-16-15(17-12(2)19(11)16)13-4-3-6-18(8-13)26(22,23)14-5-7-25(20,21)10-14/h9,13-14H,3-8,10H2,1-2H3/t13-,14+/m0/s1. The summed E-state index contributed by atoms with van der Waals surface area (Å²) in [5.41, 5.74) is 2.11. The maximum atomic E-state index is 13.0. The quantitative estimate of drug-likeness (QED) is 0.758. The molecule has 2 atom stereocenters. The molecule has 0 unspecified atom stereocenters. The van der Waals surface area contributed by atoms with E-state index in [0.717, 1.165) is 34.9 Å². The van der Waals surface area contributed by atoms with Crippen LogP contribution in [-0.4, -0.2) is 60.4 Å². The van der Waals surface area contributed by atoms with Crippen LogP contribution in [0.2, 0.25) is 0 Å². The summed E-state index contributed by atoms with van der Waals surface area (Å²) in [7, 11) is -6.82. The number of sulfonamides is 1. The molecule has 0 radical (unpaired) electrons. The van der Waals surface area contributed by atoms with Crippen LogP contribution < -0.4 is 0 Å². The van der Waals surface area contributed by atoms with Gasteiger partial charge >= 0.3 is 0 Å². The Kier molecular flexibility index (Phi) is 4.45. The first-order valence-corrected chi connectivity index (χ1v) is 13.0. The third-order valence-electron chi connectivity index (χ3n) is 5.46. The summed E-state index contributed by atoms with van der Waals surface area (Å²) in [5, 5.41) is 1.30. The summed E-state index contributed by atoms with van der Waals surface area (Å²) in [6.45, 7) is 4.87. The predicted octanol–water partition coefficient (Wildman–Crippen LogP) is 1.71. The van der Waals surface area contributed by atoms with Gasteiger partial charge in [0.1, 0.15) is 10.7 Å². The lowest BCUT2D eigenvalue weighted by molar-refractivity contribution is 0.311. The van der Waals surface area contributed by atoms with Gasteiger partial charge in [-0.2, -0.15) is 0 Å². The minimum Gasteiger partial charge on any atom is -0.292 e. The third kappa shape index (κ3) is 3.00. The Labute approximate surface area is 158 Å². The molecule has 0 aliphatic carbocycles. The molecule has 7 nitrogen and oxygen atoms in total. The summed E-state index contributed by atoms with van der Waals surface area (Å²) >= 11 is 1.64. The van der Waals surface area contributed by atoms with Crippen LogP contribution in [-0.2, 0) is 19.9 Å². The number of thiazole rings is 1. The molecule has 0 spiro atoms. The molecule has 0 bridgehead atoms. The van der Waals surface area contributed by atoms with Crippen molar-refractivity contribution >= 4 is 36.0 Å². The number of imidazole rings is 1. The Balaban J connectivity index is 1.61. The number of nitrogens with zero attached hydrogens (tertiary/aromatic N) is 3. The molecular weight excluding hydrogens is 394 g/mol. The van der Waals surface area contributed by atoms with Gasteiger partial charge in [0.2, 0.25) is 10.0 Å². The van der Waals surface area contributed by atoms with E-state index in [9.17, 15) is 16.8 Å². The Morgan fingerprint density at radius 2 is 2.04 bits per heavy atom. The van der Waals surface area contributed by atoms with Crippen molar-refractivity contribution in [1.29, 1.82) is 0 Å². The van der Waals surface area contributed by atoms with Gasteiger partial charge in [-0.15, -0.1) is 11.3 Å². The molecule has 2 aromatic rings. The van der Waals surface area contributed by atoms with Gasteiger partial charge in [0, 0.05) is 30.1 Å². The van der Waals surface area contributed by atoms with E-state index in [-0.39, 0.29) is 23.8 Å². The van der Waals surface area contributed by atoms with Gasteiger partial charge in [-0.3, -0.25) is 4.40 Å². The molecule has 4 heterocycles. The molecule has 0 amide bonds. The second-order valence-electron chi connectivity index (χ2n) is 7.33. The van der Waals surface area contributed by atoms with E-state index in [1.807, 2.05) is 13.8 Å². The average molecular weight is 418 g/mol. The molecule has 10 heteroatoms. The van der Waals surface area contributed by atoms with E-state index in [1.165, 1.54) is 4.31 Å².